The summed E-state index contributed by atoms with van der Waals surface area (Å²) in [6, 6.07) is 9.08. The number of carbonyl (C=O) groups excluding carboxylic acids is 1. The molecule has 0 atom stereocenters. The molecule has 116 valence electrons. The molecular weight excluding hydrogens is 298 g/mol. The van der Waals surface area contributed by atoms with Crippen molar-refractivity contribution in [1.82, 2.24) is 9.97 Å². The number of nitrogens with one attached hydrogen (secondary N) is 2. The van der Waals surface area contributed by atoms with E-state index in [9.17, 15) is 9.59 Å². The van der Waals surface area contributed by atoms with Crippen LogP contribution in [-0.2, 0) is 4.79 Å². The molecule has 1 aromatic carbocycles. The molecule has 1 aromatic heterocycles. The Balaban J connectivity index is 2.00. The molecular formula is C16H19N3O2S. The van der Waals surface area contributed by atoms with Crippen LogP contribution in [-0.4, -0.2) is 21.6 Å². The van der Waals surface area contributed by atoms with Gasteiger partial charge in [0.1, 0.15) is 0 Å². The van der Waals surface area contributed by atoms with Gasteiger partial charge in [-0.3, -0.25) is 9.59 Å². The van der Waals surface area contributed by atoms with E-state index < -0.39 is 0 Å². The number of amides is 1. The molecule has 1 heterocycles. The summed E-state index contributed by atoms with van der Waals surface area (Å²) >= 11 is 1.22. The normalized spacial score (nSPS) is 10.7. The Morgan fingerprint density at radius 1 is 1.36 bits per heavy atom. The van der Waals surface area contributed by atoms with Gasteiger partial charge < -0.3 is 10.3 Å². The lowest BCUT2D eigenvalue weighted by molar-refractivity contribution is -0.113. The van der Waals surface area contributed by atoms with Crippen molar-refractivity contribution in [2.75, 3.05) is 11.1 Å². The van der Waals surface area contributed by atoms with Gasteiger partial charge in [-0.1, -0.05) is 43.8 Å². The van der Waals surface area contributed by atoms with Crippen LogP contribution in [0.1, 0.15) is 31.0 Å². The molecule has 0 saturated carbocycles. The Kier molecular flexibility index (Phi) is 5.38. The number of aromatic amines is 1. The number of carbonyl (C=O) groups is 1. The number of thioether (sulfide) groups is 1. The molecule has 0 aliphatic rings. The van der Waals surface area contributed by atoms with Crippen LogP contribution < -0.4 is 10.9 Å². The summed E-state index contributed by atoms with van der Waals surface area (Å²) in [6.45, 7) is 5.89. The summed E-state index contributed by atoms with van der Waals surface area (Å²) < 4.78 is 0. The van der Waals surface area contributed by atoms with Gasteiger partial charge in [0.15, 0.2) is 5.16 Å². The Hall–Kier alpha value is -2.08. The van der Waals surface area contributed by atoms with E-state index in [0.717, 1.165) is 16.9 Å². The zero-order valence-electron chi connectivity index (χ0n) is 12.8. The van der Waals surface area contributed by atoms with E-state index in [1.54, 1.807) is 0 Å². The molecule has 5 nitrogen and oxygen atoms in total. The van der Waals surface area contributed by atoms with E-state index in [1.807, 2.05) is 45.0 Å². The highest BCUT2D eigenvalue weighted by Gasteiger charge is 2.09. The fourth-order valence-electron chi connectivity index (χ4n) is 1.85. The second-order valence-electron chi connectivity index (χ2n) is 5.28. The highest BCUT2D eigenvalue weighted by Crippen LogP contribution is 2.17. The molecule has 6 heteroatoms. The first-order valence-electron chi connectivity index (χ1n) is 7.05. The van der Waals surface area contributed by atoms with Crippen LogP contribution in [0.2, 0.25) is 0 Å². The van der Waals surface area contributed by atoms with Gasteiger partial charge >= 0.3 is 0 Å². The summed E-state index contributed by atoms with van der Waals surface area (Å²) in [5.74, 6) is 0.234. The van der Waals surface area contributed by atoms with Gasteiger partial charge in [0.25, 0.3) is 5.56 Å². The van der Waals surface area contributed by atoms with Crippen molar-refractivity contribution in [3.05, 3.63) is 51.9 Å². The molecule has 2 aromatic rings. The van der Waals surface area contributed by atoms with E-state index in [-0.39, 0.29) is 23.1 Å². The number of H-pyrrole nitrogens is 1. The second-order valence-corrected chi connectivity index (χ2v) is 6.25. The Bertz CT molecular complexity index is 725. The molecule has 0 bridgehead atoms. The van der Waals surface area contributed by atoms with E-state index in [2.05, 4.69) is 15.3 Å². The lowest BCUT2D eigenvalue weighted by Gasteiger charge is -2.08. The molecule has 0 radical (unpaired) electrons. The largest absolute Gasteiger partial charge is 0.325 e. The van der Waals surface area contributed by atoms with Crippen LogP contribution in [0.25, 0.3) is 0 Å². The molecule has 22 heavy (non-hydrogen) atoms. The van der Waals surface area contributed by atoms with E-state index in [4.69, 9.17) is 0 Å². The van der Waals surface area contributed by atoms with Crippen molar-refractivity contribution in [2.24, 2.45) is 0 Å². The van der Waals surface area contributed by atoms with Gasteiger partial charge in [0.05, 0.1) is 11.4 Å². The Labute approximate surface area is 133 Å². The van der Waals surface area contributed by atoms with Crippen LogP contribution in [0.4, 0.5) is 5.69 Å². The first kappa shape index (κ1) is 16.3. The molecule has 2 N–H and O–H groups in total. The minimum absolute atomic E-state index is 0.128. The molecule has 1 amide bonds. The monoisotopic (exact) mass is 317 g/mol. The third-order valence-electron chi connectivity index (χ3n) is 3.09. The SMILES string of the molecule is Cc1ccccc1NC(=O)CSc1nc(C(C)C)cc(=O)[nH]1. The molecule has 0 unspecified atom stereocenters. The topological polar surface area (TPSA) is 74.8 Å². The van der Waals surface area contributed by atoms with E-state index >= 15 is 0 Å². The number of para-hydroxylation sites is 1. The highest BCUT2D eigenvalue weighted by atomic mass is 32.2. The fraction of sp³-hybridized carbons (Fsp3) is 0.312. The molecule has 0 fully saturated rings. The Morgan fingerprint density at radius 3 is 2.77 bits per heavy atom. The minimum atomic E-state index is -0.194. The smallest absolute Gasteiger partial charge is 0.251 e. The number of benzene rings is 1. The van der Waals surface area contributed by atoms with Crippen molar-refractivity contribution < 1.29 is 4.79 Å². The molecule has 0 aliphatic carbocycles. The number of nitrogens with zero attached hydrogens (tertiary/aromatic N) is 1. The third kappa shape index (κ3) is 4.46. The predicted molar refractivity (Wildman–Crippen MR) is 89.5 cm³/mol. The lowest BCUT2D eigenvalue weighted by Crippen LogP contribution is -2.16. The van der Waals surface area contributed by atoms with Crippen molar-refractivity contribution in [2.45, 2.75) is 31.8 Å². The standard InChI is InChI=1S/C16H19N3O2S/c1-10(2)13-8-14(20)19-16(18-13)22-9-15(21)17-12-7-5-4-6-11(12)3/h4-8,10H,9H2,1-3H3,(H,17,21)(H,18,19,20). The van der Waals surface area contributed by atoms with Crippen LogP contribution in [0.3, 0.4) is 0 Å². The van der Waals surface area contributed by atoms with Gasteiger partial charge in [-0.05, 0) is 24.5 Å². The summed E-state index contributed by atoms with van der Waals surface area (Å²) in [4.78, 5) is 30.6. The van der Waals surface area contributed by atoms with E-state index in [1.165, 1.54) is 17.8 Å². The lowest BCUT2D eigenvalue weighted by atomic mass is 10.1. The van der Waals surface area contributed by atoms with Crippen molar-refractivity contribution >= 4 is 23.4 Å². The first-order valence-corrected chi connectivity index (χ1v) is 8.04. The van der Waals surface area contributed by atoms with Crippen LogP contribution >= 0.6 is 11.8 Å². The molecule has 2 rings (SSSR count). The maximum atomic E-state index is 12.0. The number of anilines is 1. The summed E-state index contributed by atoms with van der Waals surface area (Å²) in [5.41, 5.74) is 2.34. The zero-order valence-corrected chi connectivity index (χ0v) is 13.7. The Morgan fingerprint density at radius 2 is 2.09 bits per heavy atom. The van der Waals surface area contributed by atoms with Gasteiger partial charge in [-0.2, -0.15) is 0 Å². The van der Waals surface area contributed by atoms with Crippen LogP contribution in [0.15, 0.2) is 40.3 Å². The number of hydrogen-bond donors (Lipinski definition) is 2. The van der Waals surface area contributed by atoms with Gasteiger partial charge in [0.2, 0.25) is 5.91 Å². The number of rotatable bonds is 5. The van der Waals surface area contributed by atoms with Crippen LogP contribution in [0.5, 0.6) is 0 Å². The summed E-state index contributed by atoms with van der Waals surface area (Å²) in [7, 11) is 0. The highest BCUT2D eigenvalue weighted by molar-refractivity contribution is 7.99. The predicted octanol–water partition coefficient (Wildman–Crippen LogP) is 2.93. The molecule has 0 spiro atoms. The van der Waals surface area contributed by atoms with Crippen LogP contribution in [0, 0.1) is 6.92 Å². The number of hydrogen-bond acceptors (Lipinski definition) is 4. The summed E-state index contributed by atoms with van der Waals surface area (Å²) in [6.07, 6.45) is 0. The van der Waals surface area contributed by atoms with Crippen molar-refractivity contribution in [1.29, 1.82) is 0 Å². The fourth-order valence-corrected chi connectivity index (χ4v) is 2.53. The van der Waals surface area contributed by atoms with Gasteiger partial charge in [-0.15, -0.1) is 0 Å². The first-order chi connectivity index (χ1) is 10.5. The molecule has 0 aliphatic heterocycles. The average molecular weight is 317 g/mol. The number of aromatic nitrogens is 2. The average Bonchev–Trinajstić information content (AvgIpc) is 2.47. The quantitative estimate of drug-likeness (QED) is 0.657. The minimum Gasteiger partial charge on any atom is -0.325 e. The summed E-state index contributed by atoms with van der Waals surface area (Å²) in [5, 5.41) is 3.32. The van der Waals surface area contributed by atoms with E-state index in [0.29, 0.717) is 5.16 Å². The second kappa shape index (κ2) is 7.26. The zero-order chi connectivity index (χ0) is 16.1. The van der Waals surface area contributed by atoms with Crippen molar-refractivity contribution in [3.63, 3.8) is 0 Å². The molecule has 0 saturated heterocycles. The maximum Gasteiger partial charge on any atom is 0.251 e. The van der Waals surface area contributed by atoms with Gasteiger partial charge in [0, 0.05) is 11.8 Å². The van der Waals surface area contributed by atoms with Crippen molar-refractivity contribution in [3.8, 4) is 0 Å². The maximum absolute atomic E-state index is 12.0. The van der Waals surface area contributed by atoms with Gasteiger partial charge in [-0.25, -0.2) is 4.98 Å². The number of aryl methyl sites for hydroxylation is 1. The third-order valence-corrected chi connectivity index (χ3v) is 3.96.